The fraction of sp³-hybridized carbons (Fsp3) is 0.875. The number of esters is 1. The molecule has 4 aliphatic heterocycles. The molecular weight excluding hydrogens is 665 g/mol. The Morgan fingerprint density at radius 1 is 0.880 bits per heavy atom. The molecule has 0 unspecified atom stereocenters. The second kappa shape index (κ2) is 15.9. The third-order valence-corrected chi connectivity index (χ3v) is 22.2. The van der Waals surface area contributed by atoms with Crippen LogP contribution in [0.5, 0.6) is 0 Å². The molecule has 50 heavy (non-hydrogen) atoms. The highest BCUT2D eigenvalue weighted by atomic mass is 28.4. The molecule has 288 valence electrons. The van der Waals surface area contributed by atoms with Crippen LogP contribution < -0.4 is 0 Å². The first-order valence-electron chi connectivity index (χ1n) is 19.4. The van der Waals surface area contributed by atoms with Crippen LogP contribution in [0.1, 0.15) is 120 Å². The summed E-state index contributed by atoms with van der Waals surface area (Å²) >= 11 is 0. The molecule has 0 amide bonds. The lowest BCUT2D eigenvalue weighted by Crippen LogP contribution is -2.64. The second-order valence-electron chi connectivity index (χ2n) is 19.0. The van der Waals surface area contributed by atoms with Crippen LogP contribution in [0.4, 0.5) is 0 Å². The number of hydrogen-bond acceptors (Lipinski definition) is 8. The smallest absolute Gasteiger partial charge is 0.305 e. The van der Waals surface area contributed by atoms with Crippen molar-refractivity contribution in [1.29, 1.82) is 0 Å². The van der Waals surface area contributed by atoms with E-state index in [-0.39, 0.29) is 64.9 Å². The first-order chi connectivity index (χ1) is 23.0. The molecule has 0 aromatic carbocycles. The Balaban J connectivity index is 1.59. The molecule has 10 heteroatoms. The van der Waals surface area contributed by atoms with Crippen molar-refractivity contribution in [2.24, 2.45) is 0 Å². The van der Waals surface area contributed by atoms with Gasteiger partial charge in [-0.3, -0.25) is 4.79 Å². The van der Waals surface area contributed by atoms with Gasteiger partial charge in [0.15, 0.2) is 16.6 Å². The Bertz CT molecular complexity index is 1190. The number of carbonyl (C=O) groups is 1. The van der Waals surface area contributed by atoms with Crippen molar-refractivity contribution >= 4 is 22.6 Å². The van der Waals surface area contributed by atoms with Gasteiger partial charge < -0.3 is 32.5 Å². The summed E-state index contributed by atoms with van der Waals surface area (Å²) in [4.78, 5) is 12.1. The fourth-order valence-electron chi connectivity index (χ4n) is 7.79. The minimum Gasteiger partial charge on any atom is -0.469 e. The number of allylic oxidation sites excluding steroid dienone is 3. The molecule has 4 heterocycles. The van der Waals surface area contributed by atoms with Crippen LogP contribution >= 0.6 is 0 Å². The molecule has 4 rings (SSSR count). The first-order valence-corrected chi connectivity index (χ1v) is 25.2. The van der Waals surface area contributed by atoms with Crippen LogP contribution in [0.25, 0.3) is 0 Å². The number of ether oxygens (including phenoxy) is 5. The summed E-state index contributed by atoms with van der Waals surface area (Å²) in [5, 5.41) is 0.149. The maximum Gasteiger partial charge on any atom is 0.305 e. The number of methoxy groups -OCH3 is 1. The SMILES string of the molecule is C=C/C=C\CC[C@H]1O[C@H]2CC[C@@]3(C)O[C@H]4[C@@H](O[Si](C)(C)C(C)(C)C)C[C@@H](CCC(=O)OC)O[C@@H]4C[C@@H]3O[C@@H]2CC[C@]1(C)O[Si](C)(C)C(C)(C)C. The highest BCUT2D eigenvalue weighted by molar-refractivity contribution is 6.74. The lowest BCUT2D eigenvalue weighted by atomic mass is 9.81. The van der Waals surface area contributed by atoms with E-state index < -0.39 is 27.8 Å². The summed E-state index contributed by atoms with van der Waals surface area (Å²) in [5.41, 5.74) is -0.900. The summed E-state index contributed by atoms with van der Waals surface area (Å²) in [6, 6.07) is 0. The topological polar surface area (TPSA) is 81.7 Å². The molecule has 8 nitrogen and oxygen atoms in total. The van der Waals surface area contributed by atoms with Crippen LogP contribution in [0.2, 0.25) is 36.3 Å². The van der Waals surface area contributed by atoms with E-state index >= 15 is 0 Å². The molecular formula is C40H72O8Si2. The molecule has 0 aliphatic carbocycles. The Morgan fingerprint density at radius 2 is 1.52 bits per heavy atom. The average molecular weight is 737 g/mol. The van der Waals surface area contributed by atoms with E-state index in [0.717, 1.165) is 44.9 Å². The zero-order valence-corrected chi connectivity index (χ0v) is 35.9. The van der Waals surface area contributed by atoms with E-state index in [1.165, 1.54) is 7.11 Å². The van der Waals surface area contributed by atoms with E-state index in [9.17, 15) is 4.79 Å². The predicted molar refractivity (Wildman–Crippen MR) is 206 cm³/mol. The summed E-state index contributed by atoms with van der Waals surface area (Å²) in [5.74, 6) is -0.212. The minimum atomic E-state index is -2.12. The van der Waals surface area contributed by atoms with E-state index in [4.69, 9.17) is 32.5 Å². The third kappa shape index (κ3) is 9.62. The van der Waals surface area contributed by atoms with E-state index in [1.54, 1.807) is 0 Å². The van der Waals surface area contributed by atoms with Crippen molar-refractivity contribution in [3.05, 3.63) is 24.8 Å². The van der Waals surface area contributed by atoms with Gasteiger partial charge in [0.05, 0.1) is 61.0 Å². The normalized spacial score (nSPS) is 37.2. The van der Waals surface area contributed by atoms with Crippen LogP contribution in [-0.4, -0.2) is 89.7 Å². The molecule has 4 saturated heterocycles. The van der Waals surface area contributed by atoms with Gasteiger partial charge in [-0.25, -0.2) is 0 Å². The van der Waals surface area contributed by atoms with E-state index in [0.29, 0.717) is 19.3 Å². The molecule has 4 aliphatic rings. The Labute approximate surface area is 307 Å². The van der Waals surface area contributed by atoms with Crippen LogP contribution in [0.15, 0.2) is 24.8 Å². The van der Waals surface area contributed by atoms with Gasteiger partial charge >= 0.3 is 5.97 Å². The molecule has 0 saturated carbocycles. The number of fused-ring (bicyclic) bond motifs is 3. The molecule has 0 aromatic heterocycles. The number of rotatable bonds is 11. The molecule has 0 aromatic rings. The lowest BCUT2D eigenvalue weighted by Gasteiger charge is -2.54. The predicted octanol–water partition coefficient (Wildman–Crippen LogP) is 9.43. The lowest BCUT2D eigenvalue weighted by molar-refractivity contribution is -0.290. The second-order valence-corrected chi connectivity index (χ2v) is 28.5. The Hall–Kier alpha value is -0.856. The van der Waals surface area contributed by atoms with Crippen molar-refractivity contribution < 1.29 is 37.3 Å². The van der Waals surface area contributed by atoms with Crippen LogP contribution in [-0.2, 0) is 37.3 Å². The largest absolute Gasteiger partial charge is 0.469 e. The van der Waals surface area contributed by atoms with Gasteiger partial charge in [0.2, 0.25) is 0 Å². The monoisotopic (exact) mass is 736 g/mol. The standard InChI is InChI=1S/C40H72O8Si2/c1-15-16-17-18-19-33-40(9,48-50(13,14)38(5,6)7)25-23-30-29(44-33)22-24-39(8)34(45-30)27-31-36(46-39)32(47-49(11,12)37(2,3)4)26-28(43-31)20-21-35(41)42-10/h15-17,28-34,36H,1,18-27H2,2-14H3/b17-16-/t28-,29+,30-,31-,32+,33-,34+,36-,39-,40+/m1/s1. The highest BCUT2D eigenvalue weighted by Crippen LogP contribution is 2.49. The quantitative estimate of drug-likeness (QED) is 0.118. The van der Waals surface area contributed by atoms with Gasteiger partial charge in [-0.05, 0) is 95.1 Å². The Kier molecular flexibility index (Phi) is 13.3. The van der Waals surface area contributed by atoms with Gasteiger partial charge in [-0.1, -0.05) is 66.3 Å². The van der Waals surface area contributed by atoms with Gasteiger partial charge in [0.25, 0.3) is 0 Å². The maximum absolute atomic E-state index is 12.1. The van der Waals surface area contributed by atoms with Gasteiger partial charge in [-0.2, -0.15) is 0 Å². The molecule has 0 bridgehead atoms. The number of carbonyl (C=O) groups excluding carboxylic acids is 1. The fourth-order valence-corrected chi connectivity index (χ4v) is 10.8. The van der Waals surface area contributed by atoms with Gasteiger partial charge in [0, 0.05) is 19.3 Å². The summed E-state index contributed by atoms with van der Waals surface area (Å²) in [6.07, 6.45) is 12.7. The maximum atomic E-state index is 12.1. The van der Waals surface area contributed by atoms with Gasteiger partial charge in [-0.15, -0.1) is 0 Å². The van der Waals surface area contributed by atoms with Crippen LogP contribution in [0, 0.1) is 0 Å². The minimum absolute atomic E-state index is 0.0470. The van der Waals surface area contributed by atoms with Crippen molar-refractivity contribution in [3.63, 3.8) is 0 Å². The van der Waals surface area contributed by atoms with E-state index in [2.05, 4.69) is 94.2 Å². The van der Waals surface area contributed by atoms with Crippen molar-refractivity contribution in [2.45, 2.75) is 216 Å². The van der Waals surface area contributed by atoms with Crippen LogP contribution in [0.3, 0.4) is 0 Å². The van der Waals surface area contributed by atoms with Crippen molar-refractivity contribution in [1.82, 2.24) is 0 Å². The summed E-state index contributed by atoms with van der Waals surface area (Å²) in [6.45, 7) is 31.4. The molecule has 4 fully saturated rings. The Morgan fingerprint density at radius 3 is 2.14 bits per heavy atom. The van der Waals surface area contributed by atoms with E-state index in [1.807, 2.05) is 12.2 Å². The first kappa shape index (κ1) is 41.9. The molecule has 0 spiro atoms. The van der Waals surface area contributed by atoms with Gasteiger partial charge in [0.1, 0.15) is 6.10 Å². The third-order valence-electron chi connectivity index (χ3n) is 13.1. The highest BCUT2D eigenvalue weighted by Gasteiger charge is 2.57. The summed E-state index contributed by atoms with van der Waals surface area (Å²) in [7, 11) is -2.77. The number of hydrogen-bond donors (Lipinski definition) is 0. The molecule has 0 N–H and O–H groups in total. The summed E-state index contributed by atoms with van der Waals surface area (Å²) < 4.78 is 47.7. The zero-order chi connectivity index (χ0) is 37.3. The zero-order valence-electron chi connectivity index (χ0n) is 33.9. The molecule has 0 radical (unpaired) electrons. The molecule has 10 atom stereocenters. The average Bonchev–Trinajstić information content (AvgIpc) is 3.21. The van der Waals surface area contributed by atoms with Crippen molar-refractivity contribution in [2.75, 3.05) is 7.11 Å². The van der Waals surface area contributed by atoms with Crippen molar-refractivity contribution in [3.8, 4) is 0 Å².